The van der Waals surface area contributed by atoms with Crippen molar-refractivity contribution in [2.45, 2.75) is 23.0 Å². The van der Waals surface area contributed by atoms with E-state index >= 15 is 0 Å². The van der Waals surface area contributed by atoms with Crippen LogP contribution >= 0.6 is 0 Å². The minimum absolute atomic E-state index is 0.459. The molecule has 0 aromatic heterocycles. The number of rotatable bonds is 10. The summed E-state index contributed by atoms with van der Waals surface area (Å²) < 4.78 is 32.4. The van der Waals surface area contributed by atoms with Gasteiger partial charge in [0.05, 0.1) is 0 Å². The Balaban J connectivity index is 1.37. The maximum Gasteiger partial charge on any atom is 0.325 e. The van der Waals surface area contributed by atoms with E-state index in [4.69, 9.17) is 13.7 Å². The Bertz CT molecular complexity index is 1350. The summed E-state index contributed by atoms with van der Waals surface area (Å²) in [5.41, 5.74) is 2.16. The molecule has 5 heteroatoms. The van der Waals surface area contributed by atoms with Gasteiger partial charge in [0.25, 0.3) is 0 Å². The quantitative estimate of drug-likeness (QED) is 0.181. The van der Waals surface area contributed by atoms with Crippen LogP contribution in [0.5, 0.6) is 17.2 Å². The van der Waals surface area contributed by atoms with Gasteiger partial charge in [-0.05, 0) is 51.7 Å². The standard InChI is InChI=1S/C32H27O4S/c33-37(36-30-14-8-3-9-15-30,31-20-16-28(17-21-31)34-24-26-10-4-1-5-11-26)32-22-18-29(19-23-32)35-25-27-12-6-2-7-13-27/h1-23H,24-25H2/q+1. The monoisotopic (exact) mass is 507 g/mol. The third-order valence-corrected chi connectivity index (χ3v) is 7.93. The van der Waals surface area contributed by atoms with E-state index in [1.807, 2.05) is 103 Å². The first-order chi connectivity index (χ1) is 18.2. The Morgan fingerprint density at radius 2 is 0.811 bits per heavy atom. The summed E-state index contributed by atoms with van der Waals surface area (Å²) in [6, 6.07) is 43.6. The average molecular weight is 508 g/mol. The van der Waals surface area contributed by atoms with Crippen LogP contribution in [0.2, 0.25) is 0 Å². The molecule has 0 saturated heterocycles. The molecule has 0 saturated carbocycles. The summed E-state index contributed by atoms with van der Waals surface area (Å²) in [5.74, 6) is 1.92. The highest BCUT2D eigenvalue weighted by Crippen LogP contribution is 2.34. The fraction of sp³-hybridized carbons (Fsp3) is 0.0625. The highest BCUT2D eigenvalue weighted by Gasteiger charge is 2.38. The normalized spacial score (nSPS) is 11.0. The van der Waals surface area contributed by atoms with Crippen molar-refractivity contribution in [1.29, 1.82) is 0 Å². The molecule has 0 fully saturated rings. The van der Waals surface area contributed by atoms with E-state index in [1.54, 1.807) is 36.4 Å². The first kappa shape index (κ1) is 24.3. The lowest BCUT2D eigenvalue weighted by Crippen LogP contribution is -2.19. The van der Waals surface area contributed by atoms with E-state index in [0.29, 0.717) is 40.3 Å². The van der Waals surface area contributed by atoms with Gasteiger partial charge in [-0.15, -0.1) is 0 Å². The molecule has 5 rings (SSSR count). The minimum atomic E-state index is -3.08. The van der Waals surface area contributed by atoms with Crippen molar-refractivity contribution in [2.24, 2.45) is 0 Å². The smallest absolute Gasteiger partial charge is 0.325 e. The Kier molecular flexibility index (Phi) is 7.63. The van der Waals surface area contributed by atoms with Crippen LogP contribution in [0.4, 0.5) is 0 Å². The predicted octanol–water partition coefficient (Wildman–Crippen LogP) is 7.76. The molecule has 0 aliphatic rings. The lowest BCUT2D eigenvalue weighted by Gasteiger charge is -2.13. The molecule has 0 aliphatic carbocycles. The van der Waals surface area contributed by atoms with Crippen LogP contribution in [0.15, 0.2) is 149 Å². The van der Waals surface area contributed by atoms with Crippen molar-refractivity contribution in [2.75, 3.05) is 0 Å². The van der Waals surface area contributed by atoms with Crippen LogP contribution in [0.25, 0.3) is 0 Å². The zero-order valence-corrected chi connectivity index (χ0v) is 21.1. The lowest BCUT2D eigenvalue weighted by molar-refractivity contribution is 0.306. The minimum Gasteiger partial charge on any atom is -0.489 e. The second kappa shape index (κ2) is 11.6. The molecule has 0 atom stereocenters. The van der Waals surface area contributed by atoms with Gasteiger partial charge in [0.2, 0.25) is 9.79 Å². The molecule has 4 nitrogen and oxygen atoms in total. The van der Waals surface area contributed by atoms with Gasteiger partial charge in [-0.25, -0.2) is 0 Å². The van der Waals surface area contributed by atoms with Gasteiger partial charge in [-0.3, -0.25) is 4.18 Å². The van der Waals surface area contributed by atoms with Gasteiger partial charge in [0, 0.05) is 24.3 Å². The molecule has 0 N–H and O–H groups in total. The van der Waals surface area contributed by atoms with E-state index in [1.165, 1.54) is 0 Å². The molecule has 0 spiro atoms. The van der Waals surface area contributed by atoms with Crippen LogP contribution in [0.3, 0.4) is 0 Å². The molecule has 184 valence electrons. The number of hydrogen-bond donors (Lipinski definition) is 0. The summed E-state index contributed by atoms with van der Waals surface area (Å²) in [7, 11) is -3.08. The van der Waals surface area contributed by atoms with E-state index in [0.717, 1.165) is 11.1 Å². The van der Waals surface area contributed by atoms with Gasteiger partial charge >= 0.3 is 10.2 Å². The summed E-state index contributed by atoms with van der Waals surface area (Å²) in [6.07, 6.45) is 0. The van der Waals surface area contributed by atoms with Crippen molar-refractivity contribution in [3.05, 3.63) is 151 Å². The van der Waals surface area contributed by atoms with Crippen LogP contribution in [0, 0.1) is 0 Å². The molecule has 5 aromatic carbocycles. The Labute approximate surface area is 218 Å². The Morgan fingerprint density at radius 3 is 1.22 bits per heavy atom. The number of hydrogen-bond acceptors (Lipinski definition) is 4. The predicted molar refractivity (Wildman–Crippen MR) is 146 cm³/mol. The van der Waals surface area contributed by atoms with Crippen LogP contribution in [0.1, 0.15) is 11.1 Å². The molecular weight excluding hydrogens is 480 g/mol. The molecule has 0 radical (unpaired) electrons. The fourth-order valence-electron chi connectivity index (χ4n) is 3.76. The highest BCUT2D eigenvalue weighted by atomic mass is 32.3. The molecule has 0 amide bonds. The van der Waals surface area contributed by atoms with Crippen molar-refractivity contribution >= 4 is 10.2 Å². The molecular formula is C32H27O4S+. The maximum absolute atomic E-state index is 14.4. The molecule has 0 aliphatic heterocycles. The highest BCUT2D eigenvalue weighted by molar-refractivity contribution is 7.99. The van der Waals surface area contributed by atoms with Crippen LogP contribution in [-0.4, -0.2) is 0 Å². The number of ether oxygens (including phenoxy) is 2. The molecule has 5 aromatic rings. The second-order valence-electron chi connectivity index (χ2n) is 8.39. The fourth-order valence-corrected chi connectivity index (χ4v) is 5.59. The Morgan fingerprint density at radius 1 is 0.432 bits per heavy atom. The third kappa shape index (κ3) is 6.26. The summed E-state index contributed by atoms with van der Waals surface area (Å²) >= 11 is 0. The number of para-hydroxylation sites is 1. The van der Waals surface area contributed by atoms with Gasteiger partial charge in [0.15, 0.2) is 5.75 Å². The summed E-state index contributed by atoms with van der Waals surface area (Å²) in [6.45, 7) is 0.918. The number of benzene rings is 5. The zero-order chi connectivity index (χ0) is 25.3. The molecule has 0 heterocycles. The van der Waals surface area contributed by atoms with E-state index in [-0.39, 0.29) is 0 Å². The molecule has 37 heavy (non-hydrogen) atoms. The van der Waals surface area contributed by atoms with Crippen LogP contribution < -0.4 is 13.7 Å². The Hall–Kier alpha value is -4.35. The average Bonchev–Trinajstić information content (AvgIpc) is 2.97. The van der Waals surface area contributed by atoms with Gasteiger partial charge in [-0.2, -0.15) is 0 Å². The van der Waals surface area contributed by atoms with E-state index < -0.39 is 10.2 Å². The van der Waals surface area contributed by atoms with Gasteiger partial charge in [0.1, 0.15) is 24.7 Å². The SMILES string of the molecule is O=[S+](Oc1ccccc1)(c1ccc(OCc2ccccc2)cc1)c1ccc(OCc2ccccc2)cc1. The third-order valence-electron chi connectivity index (χ3n) is 5.72. The lowest BCUT2D eigenvalue weighted by atomic mass is 10.2. The van der Waals surface area contributed by atoms with Crippen molar-refractivity contribution in [1.82, 2.24) is 0 Å². The second-order valence-corrected chi connectivity index (χ2v) is 10.5. The van der Waals surface area contributed by atoms with Gasteiger partial charge in [-0.1, -0.05) is 78.9 Å². The van der Waals surface area contributed by atoms with Crippen molar-refractivity contribution in [3.63, 3.8) is 0 Å². The maximum atomic E-state index is 14.4. The van der Waals surface area contributed by atoms with Gasteiger partial charge < -0.3 is 9.47 Å². The first-order valence-electron chi connectivity index (χ1n) is 12.0. The molecule has 0 unspecified atom stereocenters. The van der Waals surface area contributed by atoms with Crippen LogP contribution in [-0.2, 0) is 27.6 Å². The summed E-state index contributed by atoms with van der Waals surface area (Å²) in [5, 5.41) is 0. The summed E-state index contributed by atoms with van der Waals surface area (Å²) in [4.78, 5) is 1.11. The topological polar surface area (TPSA) is 44.8 Å². The van der Waals surface area contributed by atoms with Crippen molar-refractivity contribution < 1.29 is 17.9 Å². The zero-order valence-electron chi connectivity index (χ0n) is 20.2. The largest absolute Gasteiger partial charge is 0.489 e. The van der Waals surface area contributed by atoms with E-state index in [2.05, 4.69) is 0 Å². The van der Waals surface area contributed by atoms with E-state index in [9.17, 15) is 4.21 Å². The van der Waals surface area contributed by atoms with Crippen molar-refractivity contribution in [3.8, 4) is 17.2 Å². The first-order valence-corrected chi connectivity index (χ1v) is 13.5. The molecule has 0 bridgehead atoms.